The first kappa shape index (κ1) is 12.6. The molecule has 2 N–H and O–H groups in total. The molecule has 1 fully saturated rings. The lowest BCUT2D eigenvalue weighted by Crippen LogP contribution is -2.26. The third-order valence-electron chi connectivity index (χ3n) is 3.34. The standard InChI is InChI=1S/C13H23N3O/c1-10(2)8-16-12(9-17)7-13(15-16)11-3-5-14-6-4-11/h7,10-11,14,17H,3-6,8-9H2,1-2H3. The SMILES string of the molecule is CC(C)Cn1nc(C2CCNCC2)cc1CO. The summed E-state index contributed by atoms with van der Waals surface area (Å²) >= 11 is 0. The van der Waals surface area contributed by atoms with Crippen molar-refractivity contribution in [3.63, 3.8) is 0 Å². The maximum atomic E-state index is 9.37. The van der Waals surface area contributed by atoms with E-state index in [1.807, 2.05) is 4.68 Å². The van der Waals surface area contributed by atoms with Gasteiger partial charge in [-0.2, -0.15) is 5.10 Å². The number of aliphatic hydroxyl groups is 1. The van der Waals surface area contributed by atoms with Gasteiger partial charge in [0.05, 0.1) is 18.0 Å². The van der Waals surface area contributed by atoms with E-state index in [-0.39, 0.29) is 6.61 Å². The van der Waals surface area contributed by atoms with Gasteiger partial charge in [-0.25, -0.2) is 0 Å². The van der Waals surface area contributed by atoms with Crippen LogP contribution in [0.25, 0.3) is 0 Å². The Labute approximate surface area is 103 Å². The Hall–Kier alpha value is -0.870. The molecule has 0 atom stereocenters. The van der Waals surface area contributed by atoms with E-state index in [1.54, 1.807) is 0 Å². The normalized spacial score (nSPS) is 17.9. The summed E-state index contributed by atoms with van der Waals surface area (Å²) in [7, 11) is 0. The van der Waals surface area contributed by atoms with E-state index in [0.29, 0.717) is 11.8 Å². The third-order valence-corrected chi connectivity index (χ3v) is 3.34. The van der Waals surface area contributed by atoms with Gasteiger partial charge in [0, 0.05) is 12.5 Å². The van der Waals surface area contributed by atoms with Crippen LogP contribution in [-0.4, -0.2) is 28.0 Å². The van der Waals surface area contributed by atoms with Gasteiger partial charge in [-0.1, -0.05) is 13.8 Å². The van der Waals surface area contributed by atoms with Crippen molar-refractivity contribution >= 4 is 0 Å². The summed E-state index contributed by atoms with van der Waals surface area (Å²) in [6.45, 7) is 7.48. The molecule has 1 aromatic rings. The molecule has 4 heteroatoms. The average molecular weight is 237 g/mol. The molecule has 0 aromatic carbocycles. The molecule has 1 aromatic heterocycles. The Morgan fingerprint density at radius 3 is 2.76 bits per heavy atom. The van der Waals surface area contributed by atoms with E-state index in [1.165, 1.54) is 0 Å². The quantitative estimate of drug-likeness (QED) is 0.834. The van der Waals surface area contributed by atoms with Crippen molar-refractivity contribution in [3.05, 3.63) is 17.5 Å². The molecule has 2 heterocycles. The van der Waals surface area contributed by atoms with Crippen molar-refractivity contribution in [3.8, 4) is 0 Å². The van der Waals surface area contributed by atoms with Crippen molar-refractivity contribution in [1.29, 1.82) is 0 Å². The van der Waals surface area contributed by atoms with Crippen LogP contribution in [0, 0.1) is 5.92 Å². The highest BCUT2D eigenvalue weighted by molar-refractivity contribution is 5.15. The molecule has 0 amide bonds. The highest BCUT2D eigenvalue weighted by atomic mass is 16.3. The maximum Gasteiger partial charge on any atom is 0.0849 e. The highest BCUT2D eigenvalue weighted by Crippen LogP contribution is 2.25. The Morgan fingerprint density at radius 1 is 1.47 bits per heavy atom. The molecule has 0 aliphatic carbocycles. The van der Waals surface area contributed by atoms with E-state index >= 15 is 0 Å². The minimum Gasteiger partial charge on any atom is -0.390 e. The van der Waals surface area contributed by atoms with Gasteiger partial charge < -0.3 is 10.4 Å². The Morgan fingerprint density at radius 2 is 2.18 bits per heavy atom. The summed E-state index contributed by atoms with van der Waals surface area (Å²) in [4.78, 5) is 0. The number of nitrogens with one attached hydrogen (secondary N) is 1. The molecular formula is C13H23N3O. The molecular weight excluding hydrogens is 214 g/mol. The zero-order valence-electron chi connectivity index (χ0n) is 10.8. The molecule has 1 aliphatic heterocycles. The van der Waals surface area contributed by atoms with Gasteiger partial charge >= 0.3 is 0 Å². The lowest BCUT2D eigenvalue weighted by atomic mass is 9.95. The van der Waals surface area contributed by atoms with Gasteiger partial charge in [0.2, 0.25) is 0 Å². The summed E-state index contributed by atoms with van der Waals surface area (Å²) in [5, 5.41) is 17.4. The zero-order chi connectivity index (χ0) is 12.3. The van der Waals surface area contributed by atoms with Crippen LogP contribution in [0.3, 0.4) is 0 Å². The minimum atomic E-state index is 0.0880. The first-order valence-corrected chi connectivity index (χ1v) is 6.59. The van der Waals surface area contributed by atoms with Crippen LogP contribution in [0.4, 0.5) is 0 Å². The molecule has 4 nitrogen and oxygen atoms in total. The number of hydrogen-bond donors (Lipinski definition) is 2. The molecule has 17 heavy (non-hydrogen) atoms. The Kier molecular flexibility index (Phi) is 4.18. The summed E-state index contributed by atoms with van der Waals surface area (Å²) in [5.74, 6) is 1.12. The first-order chi connectivity index (χ1) is 8.20. The molecule has 0 saturated carbocycles. The smallest absolute Gasteiger partial charge is 0.0849 e. The van der Waals surface area contributed by atoms with E-state index in [9.17, 15) is 5.11 Å². The average Bonchev–Trinajstić information content (AvgIpc) is 2.72. The summed E-state index contributed by atoms with van der Waals surface area (Å²) in [5.41, 5.74) is 2.11. The van der Waals surface area contributed by atoms with Gasteiger partial charge in [-0.15, -0.1) is 0 Å². The summed E-state index contributed by atoms with van der Waals surface area (Å²) in [6.07, 6.45) is 2.31. The van der Waals surface area contributed by atoms with Crippen molar-refractivity contribution in [2.45, 2.75) is 45.8 Å². The fourth-order valence-corrected chi connectivity index (χ4v) is 2.43. The number of piperidine rings is 1. The fraction of sp³-hybridized carbons (Fsp3) is 0.769. The molecule has 1 aliphatic rings. The van der Waals surface area contributed by atoms with Gasteiger partial charge in [0.15, 0.2) is 0 Å². The molecule has 0 bridgehead atoms. The van der Waals surface area contributed by atoms with Crippen molar-refractivity contribution in [2.24, 2.45) is 5.92 Å². The second-order valence-electron chi connectivity index (χ2n) is 5.32. The molecule has 0 spiro atoms. The monoisotopic (exact) mass is 237 g/mol. The molecule has 2 rings (SSSR count). The minimum absolute atomic E-state index is 0.0880. The highest BCUT2D eigenvalue weighted by Gasteiger charge is 2.19. The number of nitrogens with zero attached hydrogens (tertiary/aromatic N) is 2. The fourth-order valence-electron chi connectivity index (χ4n) is 2.43. The van der Waals surface area contributed by atoms with Gasteiger partial charge in [0.1, 0.15) is 0 Å². The second kappa shape index (κ2) is 5.65. The zero-order valence-corrected chi connectivity index (χ0v) is 10.8. The topological polar surface area (TPSA) is 50.1 Å². The van der Waals surface area contributed by atoms with Gasteiger partial charge in [-0.05, 0) is 37.9 Å². The lowest BCUT2D eigenvalue weighted by molar-refractivity contribution is 0.264. The van der Waals surface area contributed by atoms with Crippen molar-refractivity contribution in [1.82, 2.24) is 15.1 Å². The van der Waals surface area contributed by atoms with Gasteiger partial charge in [0.25, 0.3) is 0 Å². The van der Waals surface area contributed by atoms with E-state index in [4.69, 9.17) is 0 Å². The predicted molar refractivity (Wildman–Crippen MR) is 67.8 cm³/mol. The number of aliphatic hydroxyl groups excluding tert-OH is 1. The van der Waals surface area contributed by atoms with E-state index in [2.05, 4.69) is 30.3 Å². The lowest BCUT2D eigenvalue weighted by Gasteiger charge is -2.20. The Balaban J connectivity index is 2.14. The summed E-state index contributed by atoms with van der Waals surface area (Å²) < 4.78 is 1.97. The van der Waals surface area contributed by atoms with Crippen LogP contribution in [0.15, 0.2) is 6.07 Å². The van der Waals surface area contributed by atoms with Crippen LogP contribution < -0.4 is 5.32 Å². The predicted octanol–water partition coefficient (Wildman–Crippen LogP) is 1.50. The van der Waals surface area contributed by atoms with Crippen LogP contribution in [-0.2, 0) is 13.2 Å². The van der Waals surface area contributed by atoms with Crippen LogP contribution >= 0.6 is 0 Å². The molecule has 96 valence electrons. The maximum absolute atomic E-state index is 9.37. The van der Waals surface area contributed by atoms with Crippen molar-refractivity contribution in [2.75, 3.05) is 13.1 Å². The largest absolute Gasteiger partial charge is 0.390 e. The molecule has 1 saturated heterocycles. The van der Waals surface area contributed by atoms with Gasteiger partial charge in [-0.3, -0.25) is 4.68 Å². The third kappa shape index (κ3) is 3.07. The second-order valence-corrected chi connectivity index (χ2v) is 5.32. The first-order valence-electron chi connectivity index (χ1n) is 6.59. The van der Waals surface area contributed by atoms with Crippen LogP contribution in [0.1, 0.15) is 44.0 Å². The van der Waals surface area contributed by atoms with Crippen LogP contribution in [0.2, 0.25) is 0 Å². The van der Waals surface area contributed by atoms with Crippen molar-refractivity contribution < 1.29 is 5.11 Å². The number of rotatable bonds is 4. The molecule has 0 unspecified atom stereocenters. The van der Waals surface area contributed by atoms with E-state index < -0.39 is 0 Å². The Bertz CT molecular complexity index is 354. The van der Waals surface area contributed by atoms with Crippen LogP contribution in [0.5, 0.6) is 0 Å². The molecule has 0 radical (unpaired) electrons. The number of aromatic nitrogens is 2. The number of hydrogen-bond acceptors (Lipinski definition) is 3. The van der Waals surface area contributed by atoms with E-state index in [0.717, 1.165) is 43.9 Å². The summed E-state index contributed by atoms with van der Waals surface area (Å²) in [6, 6.07) is 2.08.